The van der Waals surface area contributed by atoms with E-state index in [1.54, 1.807) is 0 Å². The van der Waals surface area contributed by atoms with Crippen molar-refractivity contribution < 1.29 is 9.59 Å². The van der Waals surface area contributed by atoms with Crippen LogP contribution in [0.25, 0.3) is 0 Å². The van der Waals surface area contributed by atoms with Gasteiger partial charge in [0.25, 0.3) is 0 Å². The highest BCUT2D eigenvalue weighted by molar-refractivity contribution is 5.95. The van der Waals surface area contributed by atoms with Crippen molar-refractivity contribution in [3.05, 3.63) is 29.8 Å². The van der Waals surface area contributed by atoms with Gasteiger partial charge in [0.15, 0.2) is 5.96 Å². The van der Waals surface area contributed by atoms with Gasteiger partial charge in [-0.1, -0.05) is 12.1 Å². The number of benzene rings is 1. The van der Waals surface area contributed by atoms with E-state index in [-0.39, 0.29) is 11.8 Å². The van der Waals surface area contributed by atoms with E-state index in [9.17, 15) is 9.59 Å². The molecule has 28 heavy (non-hydrogen) atoms. The number of amides is 2. The fourth-order valence-electron chi connectivity index (χ4n) is 3.00. The van der Waals surface area contributed by atoms with Crippen LogP contribution in [-0.4, -0.2) is 44.0 Å². The van der Waals surface area contributed by atoms with Gasteiger partial charge in [-0.25, -0.2) is 4.99 Å². The molecule has 0 saturated carbocycles. The van der Waals surface area contributed by atoms with Crippen molar-refractivity contribution in [2.45, 2.75) is 47.1 Å². The van der Waals surface area contributed by atoms with Crippen LogP contribution in [0, 0.1) is 5.41 Å². The summed E-state index contributed by atoms with van der Waals surface area (Å²) in [5.41, 5.74) is 1.48. The fraction of sp³-hybridized carbons (Fsp3) is 0.571. The molecule has 0 bridgehead atoms. The number of anilines is 1. The van der Waals surface area contributed by atoms with E-state index in [1.807, 2.05) is 56.9 Å². The predicted molar refractivity (Wildman–Crippen MR) is 113 cm³/mol. The molecule has 7 nitrogen and oxygen atoms in total. The molecule has 154 valence electrons. The van der Waals surface area contributed by atoms with Crippen molar-refractivity contribution in [1.82, 2.24) is 16.0 Å². The van der Waals surface area contributed by atoms with E-state index >= 15 is 0 Å². The molecule has 1 fully saturated rings. The van der Waals surface area contributed by atoms with Crippen molar-refractivity contribution in [1.29, 1.82) is 0 Å². The van der Waals surface area contributed by atoms with Crippen LogP contribution >= 0.6 is 0 Å². The van der Waals surface area contributed by atoms with Crippen molar-refractivity contribution in [2.75, 3.05) is 31.1 Å². The number of carbonyl (C=O) groups is 2. The topological polar surface area (TPSA) is 85.8 Å². The molecule has 2 rings (SSSR count). The Bertz CT molecular complexity index is 697. The van der Waals surface area contributed by atoms with Gasteiger partial charge in [-0.05, 0) is 51.8 Å². The smallest absolute Gasteiger partial charge is 0.227 e. The van der Waals surface area contributed by atoms with Crippen LogP contribution in [-0.2, 0) is 16.1 Å². The first-order chi connectivity index (χ1) is 13.4. The maximum absolute atomic E-state index is 12.1. The maximum Gasteiger partial charge on any atom is 0.227 e. The minimum Gasteiger partial charge on any atom is -0.357 e. The van der Waals surface area contributed by atoms with Crippen molar-refractivity contribution >= 4 is 23.5 Å². The minimum absolute atomic E-state index is 0.0189. The van der Waals surface area contributed by atoms with Gasteiger partial charge < -0.3 is 20.9 Å². The molecule has 1 aliphatic rings. The first kappa shape index (κ1) is 21.7. The summed E-state index contributed by atoms with van der Waals surface area (Å²) in [5, 5.41) is 9.33. The molecule has 0 aromatic heterocycles. The lowest BCUT2D eigenvalue weighted by Crippen LogP contribution is -2.47. The van der Waals surface area contributed by atoms with E-state index < -0.39 is 5.41 Å². The van der Waals surface area contributed by atoms with E-state index in [0.717, 1.165) is 30.8 Å². The minimum atomic E-state index is -0.532. The molecule has 0 aliphatic carbocycles. The number of hydrogen-bond donors (Lipinski definition) is 3. The van der Waals surface area contributed by atoms with Gasteiger partial charge >= 0.3 is 0 Å². The highest BCUT2D eigenvalue weighted by Gasteiger charge is 2.27. The third-order valence-corrected chi connectivity index (χ3v) is 4.74. The Morgan fingerprint density at radius 2 is 1.79 bits per heavy atom. The maximum atomic E-state index is 12.1. The molecule has 0 atom stereocenters. The lowest BCUT2D eigenvalue weighted by molar-refractivity contribution is -0.128. The third-order valence-electron chi connectivity index (χ3n) is 4.74. The fourth-order valence-corrected chi connectivity index (χ4v) is 3.00. The molecule has 0 unspecified atom stereocenters. The number of nitrogens with one attached hydrogen (secondary N) is 3. The number of nitrogens with zero attached hydrogens (tertiary/aromatic N) is 2. The van der Waals surface area contributed by atoms with Crippen LogP contribution in [0.3, 0.4) is 0 Å². The zero-order valence-corrected chi connectivity index (χ0v) is 17.5. The van der Waals surface area contributed by atoms with E-state index in [2.05, 4.69) is 20.9 Å². The molecule has 2 amide bonds. The lowest BCUT2D eigenvalue weighted by atomic mass is 9.92. The average molecular weight is 388 g/mol. The van der Waals surface area contributed by atoms with Crippen molar-refractivity contribution in [3.8, 4) is 0 Å². The van der Waals surface area contributed by atoms with E-state index in [4.69, 9.17) is 0 Å². The second kappa shape index (κ2) is 10.1. The van der Waals surface area contributed by atoms with Crippen molar-refractivity contribution in [3.63, 3.8) is 0 Å². The Morgan fingerprint density at radius 1 is 1.11 bits per heavy atom. The Hall–Kier alpha value is -2.57. The Kier molecular flexibility index (Phi) is 7.84. The molecular weight excluding hydrogens is 354 g/mol. The zero-order valence-electron chi connectivity index (χ0n) is 17.5. The highest BCUT2D eigenvalue weighted by atomic mass is 16.2. The van der Waals surface area contributed by atoms with Crippen LogP contribution in [0.15, 0.2) is 29.3 Å². The van der Waals surface area contributed by atoms with Gasteiger partial charge in [-0.3, -0.25) is 9.59 Å². The molecule has 1 aromatic carbocycles. The van der Waals surface area contributed by atoms with Gasteiger partial charge in [-0.15, -0.1) is 0 Å². The molecule has 1 aliphatic heterocycles. The third kappa shape index (κ3) is 5.97. The van der Waals surface area contributed by atoms with Gasteiger partial charge in [0.1, 0.15) is 0 Å². The molecule has 3 N–H and O–H groups in total. The van der Waals surface area contributed by atoms with Crippen LogP contribution in [0.1, 0.15) is 46.1 Å². The summed E-state index contributed by atoms with van der Waals surface area (Å²) in [6.07, 6.45) is 1.56. The van der Waals surface area contributed by atoms with Gasteiger partial charge in [-0.2, -0.15) is 0 Å². The number of carbonyl (C=O) groups excluding carboxylic acids is 2. The number of guanidine groups is 1. The average Bonchev–Trinajstić information content (AvgIpc) is 3.10. The van der Waals surface area contributed by atoms with Crippen LogP contribution in [0.2, 0.25) is 0 Å². The van der Waals surface area contributed by atoms with Gasteiger partial charge in [0.2, 0.25) is 11.8 Å². The largest absolute Gasteiger partial charge is 0.357 e. The summed E-state index contributed by atoms with van der Waals surface area (Å²) >= 11 is 0. The molecule has 0 spiro atoms. The second-order valence-electron chi connectivity index (χ2n) is 7.61. The summed E-state index contributed by atoms with van der Waals surface area (Å²) in [7, 11) is 0. The van der Waals surface area contributed by atoms with E-state index in [0.29, 0.717) is 32.0 Å². The van der Waals surface area contributed by atoms with Crippen LogP contribution in [0.5, 0.6) is 0 Å². The van der Waals surface area contributed by atoms with Crippen LogP contribution in [0.4, 0.5) is 5.69 Å². The molecule has 1 aromatic rings. The SMILES string of the molecule is CCNC(=O)C(C)(C)CNC(=NCc1ccc(N2CCCC2=O)cc1)NCC. The molecule has 1 heterocycles. The summed E-state index contributed by atoms with van der Waals surface area (Å²) in [6, 6.07) is 7.97. The van der Waals surface area contributed by atoms with Crippen LogP contribution < -0.4 is 20.9 Å². The Morgan fingerprint density at radius 3 is 2.36 bits per heavy atom. The quantitative estimate of drug-likeness (QED) is 0.471. The first-order valence-corrected chi connectivity index (χ1v) is 10.1. The van der Waals surface area contributed by atoms with Gasteiger partial charge in [0, 0.05) is 38.3 Å². The molecular formula is C21H33N5O2. The predicted octanol–water partition coefficient (Wildman–Crippen LogP) is 2.03. The summed E-state index contributed by atoms with van der Waals surface area (Å²) in [6.45, 7) is 10.9. The first-order valence-electron chi connectivity index (χ1n) is 10.1. The number of hydrogen-bond acceptors (Lipinski definition) is 3. The monoisotopic (exact) mass is 387 g/mol. The second-order valence-corrected chi connectivity index (χ2v) is 7.61. The Labute approximate surface area is 168 Å². The van der Waals surface area contributed by atoms with E-state index in [1.165, 1.54) is 0 Å². The normalized spacial score (nSPS) is 14.9. The molecule has 7 heteroatoms. The molecule has 1 saturated heterocycles. The number of aliphatic imine (C=N–C) groups is 1. The summed E-state index contributed by atoms with van der Waals surface area (Å²) < 4.78 is 0. The summed E-state index contributed by atoms with van der Waals surface area (Å²) in [5.74, 6) is 0.892. The Balaban J connectivity index is 1.96. The number of rotatable bonds is 8. The summed E-state index contributed by atoms with van der Waals surface area (Å²) in [4.78, 5) is 30.4. The van der Waals surface area contributed by atoms with Gasteiger partial charge in [0.05, 0.1) is 12.0 Å². The zero-order chi connectivity index (χ0) is 20.6. The lowest BCUT2D eigenvalue weighted by Gasteiger charge is -2.24. The molecule has 0 radical (unpaired) electrons. The standard InChI is InChI=1S/C21H33N5O2/c1-5-22-19(28)21(3,4)15-25-20(23-6-2)24-14-16-9-11-17(12-10-16)26-13-7-8-18(26)27/h9-12H,5-8,13-15H2,1-4H3,(H,22,28)(H2,23,24,25). The highest BCUT2D eigenvalue weighted by Crippen LogP contribution is 2.21. The van der Waals surface area contributed by atoms with Crippen molar-refractivity contribution in [2.24, 2.45) is 10.4 Å².